The first-order valence-electron chi connectivity index (χ1n) is 11.3. The van der Waals surface area contributed by atoms with E-state index in [1.807, 2.05) is 37.3 Å². The fourth-order valence-electron chi connectivity index (χ4n) is 3.38. The van der Waals surface area contributed by atoms with Gasteiger partial charge in [-0.15, -0.1) is 0 Å². The number of unbranched alkanes of at least 4 members (excludes halogenated alkanes) is 4. The lowest BCUT2D eigenvalue weighted by Crippen LogP contribution is -2.35. The largest absolute Gasteiger partial charge is 0.336 e. The molecule has 170 valence electrons. The Morgan fingerprint density at radius 2 is 1.77 bits per heavy atom. The van der Waals surface area contributed by atoms with E-state index in [-0.39, 0.29) is 23.8 Å². The molecule has 0 unspecified atom stereocenters. The van der Waals surface area contributed by atoms with Gasteiger partial charge in [0, 0.05) is 24.9 Å². The summed E-state index contributed by atoms with van der Waals surface area (Å²) >= 11 is 0. The molecule has 1 heterocycles. The van der Waals surface area contributed by atoms with Gasteiger partial charge in [0.1, 0.15) is 5.82 Å². The van der Waals surface area contributed by atoms with Crippen molar-refractivity contribution in [1.29, 1.82) is 0 Å². The lowest BCUT2D eigenvalue weighted by molar-refractivity contribution is -0.133. The number of benzene rings is 1. The van der Waals surface area contributed by atoms with Crippen LogP contribution in [0.25, 0.3) is 5.69 Å². The number of aromatic nitrogens is 2. The van der Waals surface area contributed by atoms with Crippen molar-refractivity contribution in [2.24, 2.45) is 0 Å². The van der Waals surface area contributed by atoms with Crippen LogP contribution in [0.1, 0.15) is 77.5 Å². The lowest BCUT2D eigenvalue weighted by Gasteiger charge is -2.17. The number of hydrogen-bond acceptors (Lipinski definition) is 3. The van der Waals surface area contributed by atoms with Gasteiger partial charge in [-0.25, -0.2) is 4.68 Å². The number of rotatable bonds is 10. The predicted molar refractivity (Wildman–Crippen MR) is 127 cm³/mol. The molecule has 0 fully saturated rings. The monoisotopic (exact) mass is 426 g/mol. The van der Waals surface area contributed by atoms with Crippen molar-refractivity contribution < 1.29 is 9.59 Å². The average molecular weight is 427 g/mol. The van der Waals surface area contributed by atoms with Crippen molar-refractivity contribution in [3.05, 3.63) is 41.6 Å². The quantitative estimate of drug-likeness (QED) is 0.529. The maximum Gasteiger partial charge on any atom is 0.245 e. The second-order valence-electron chi connectivity index (χ2n) is 9.33. The molecule has 0 aliphatic carbocycles. The molecule has 6 nitrogen and oxygen atoms in total. The third-order valence-electron chi connectivity index (χ3n) is 5.39. The number of carbonyl (C=O) groups is 2. The van der Waals surface area contributed by atoms with E-state index in [1.54, 1.807) is 11.7 Å². The molecule has 1 N–H and O–H groups in total. The molecule has 0 bridgehead atoms. The molecule has 2 rings (SSSR count). The van der Waals surface area contributed by atoms with Crippen molar-refractivity contribution in [3.8, 4) is 5.69 Å². The standard InChI is InChI=1S/C25H38N4O2/c1-7-8-9-10-11-16-24(31)28(6)18-23(30)26-22-17-21(25(3,4)5)27-29(22)20-15-13-12-14-19(20)2/h12-15,17H,7-11,16,18H2,1-6H3,(H,26,30). The highest BCUT2D eigenvalue weighted by Gasteiger charge is 2.22. The number of amides is 2. The van der Waals surface area contributed by atoms with Gasteiger partial charge in [0.25, 0.3) is 0 Å². The van der Waals surface area contributed by atoms with Crippen LogP contribution in [0.15, 0.2) is 30.3 Å². The number of para-hydroxylation sites is 1. The number of nitrogens with one attached hydrogen (secondary N) is 1. The van der Waals surface area contributed by atoms with Gasteiger partial charge in [-0.1, -0.05) is 71.6 Å². The smallest absolute Gasteiger partial charge is 0.245 e. The number of aryl methyl sites for hydroxylation is 1. The minimum Gasteiger partial charge on any atom is -0.336 e. The van der Waals surface area contributed by atoms with Crippen LogP contribution in [0.5, 0.6) is 0 Å². The molecule has 31 heavy (non-hydrogen) atoms. The summed E-state index contributed by atoms with van der Waals surface area (Å²) in [7, 11) is 1.69. The predicted octanol–water partition coefficient (Wildman–Crippen LogP) is 5.24. The zero-order chi connectivity index (χ0) is 23.0. The second-order valence-corrected chi connectivity index (χ2v) is 9.33. The van der Waals surface area contributed by atoms with E-state index < -0.39 is 0 Å². The summed E-state index contributed by atoms with van der Waals surface area (Å²) in [5, 5.41) is 7.73. The first-order valence-corrected chi connectivity index (χ1v) is 11.3. The zero-order valence-electron chi connectivity index (χ0n) is 20.0. The Labute approximate surface area is 187 Å². The molecule has 1 aromatic carbocycles. The van der Waals surface area contributed by atoms with E-state index >= 15 is 0 Å². The maximum atomic E-state index is 12.7. The fraction of sp³-hybridized carbons (Fsp3) is 0.560. The molecule has 2 aromatic rings. The van der Waals surface area contributed by atoms with Gasteiger partial charge >= 0.3 is 0 Å². The molecule has 0 saturated heterocycles. The van der Waals surface area contributed by atoms with Crippen molar-refractivity contribution in [1.82, 2.24) is 14.7 Å². The van der Waals surface area contributed by atoms with Gasteiger partial charge in [0.15, 0.2) is 0 Å². The van der Waals surface area contributed by atoms with Crippen LogP contribution in [0, 0.1) is 6.92 Å². The molecule has 0 saturated carbocycles. The highest BCUT2D eigenvalue weighted by molar-refractivity contribution is 5.94. The minimum absolute atomic E-state index is 0.00874. The van der Waals surface area contributed by atoms with Gasteiger partial charge in [0.05, 0.1) is 17.9 Å². The summed E-state index contributed by atoms with van der Waals surface area (Å²) in [4.78, 5) is 26.6. The van der Waals surface area contributed by atoms with Crippen molar-refractivity contribution >= 4 is 17.6 Å². The Balaban J connectivity index is 2.07. The van der Waals surface area contributed by atoms with Crippen LogP contribution in [0.3, 0.4) is 0 Å². The van der Waals surface area contributed by atoms with E-state index in [0.717, 1.165) is 36.2 Å². The van der Waals surface area contributed by atoms with E-state index in [4.69, 9.17) is 5.10 Å². The fourth-order valence-corrected chi connectivity index (χ4v) is 3.38. The Morgan fingerprint density at radius 1 is 1.10 bits per heavy atom. The molecule has 6 heteroatoms. The Morgan fingerprint density at radius 3 is 2.42 bits per heavy atom. The minimum atomic E-state index is -0.225. The van der Waals surface area contributed by atoms with Crippen LogP contribution in [0.2, 0.25) is 0 Å². The maximum absolute atomic E-state index is 12.7. The van der Waals surface area contributed by atoms with Crippen LogP contribution in [-0.2, 0) is 15.0 Å². The molecular formula is C25H38N4O2. The van der Waals surface area contributed by atoms with Crippen molar-refractivity contribution in [2.75, 3.05) is 18.9 Å². The first kappa shape index (κ1) is 24.6. The number of anilines is 1. The molecular weight excluding hydrogens is 388 g/mol. The summed E-state index contributed by atoms with van der Waals surface area (Å²) in [6.45, 7) is 10.5. The average Bonchev–Trinajstić information content (AvgIpc) is 3.11. The Hall–Kier alpha value is -2.63. The highest BCUT2D eigenvalue weighted by Crippen LogP contribution is 2.27. The van der Waals surface area contributed by atoms with Gasteiger partial charge in [-0.05, 0) is 25.0 Å². The van der Waals surface area contributed by atoms with Gasteiger partial charge < -0.3 is 10.2 Å². The molecule has 0 atom stereocenters. The van der Waals surface area contributed by atoms with E-state index in [9.17, 15) is 9.59 Å². The van der Waals surface area contributed by atoms with Gasteiger partial charge in [0.2, 0.25) is 11.8 Å². The number of hydrogen-bond donors (Lipinski definition) is 1. The van der Waals surface area contributed by atoms with Crippen molar-refractivity contribution in [2.45, 2.75) is 78.6 Å². The lowest BCUT2D eigenvalue weighted by atomic mass is 9.92. The second kappa shape index (κ2) is 11.1. The van der Waals surface area contributed by atoms with Crippen LogP contribution >= 0.6 is 0 Å². The molecule has 0 spiro atoms. The molecule has 0 radical (unpaired) electrons. The van der Waals surface area contributed by atoms with Crippen LogP contribution in [-0.4, -0.2) is 40.1 Å². The van der Waals surface area contributed by atoms with Crippen molar-refractivity contribution in [3.63, 3.8) is 0 Å². The molecule has 2 amide bonds. The normalized spacial score (nSPS) is 11.4. The Bertz CT molecular complexity index is 880. The SMILES string of the molecule is CCCCCCCC(=O)N(C)CC(=O)Nc1cc(C(C)(C)C)nn1-c1ccccc1C. The molecule has 1 aromatic heterocycles. The molecule has 0 aliphatic heterocycles. The summed E-state index contributed by atoms with van der Waals surface area (Å²) < 4.78 is 1.78. The zero-order valence-corrected chi connectivity index (χ0v) is 20.0. The topological polar surface area (TPSA) is 67.2 Å². The third-order valence-corrected chi connectivity index (χ3v) is 5.39. The Kier molecular flexibility index (Phi) is 8.84. The number of likely N-dealkylation sites (N-methyl/N-ethyl adjacent to an activating group) is 1. The first-order chi connectivity index (χ1) is 14.6. The van der Waals surface area contributed by atoms with E-state index in [0.29, 0.717) is 12.2 Å². The number of carbonyl (C=O) groups excluding carboxylic acids is 2. The van der Waals surface area contributed by atoms with E-state index in [2.05, 4.69) is 33.0 Å². The van der Waals surface area contributed by atoms with Crippen LogP contribution in [0.4, 0.5) is 5.82 Å². The summed E-state index contributed by atoms with van der Waals surface area (Å²) in [6, 6.07) is 9.86. The van der Waals surface area contributed by atoms with Gasteiger partial charge in [-0.3, -0.25) is 9.59 Å². The van der Waals surface area contributed by atoms with Crippen LogP contribution < -0.4 is 5.32 Å². The summed E-state index contributed by atoms with van der Waals surface area (Å²) in [5.74, 6) is 0.399. The number of nitrogens with zero attached hydrogens (tertiary/aromatic N) is 3. The highest BCUT2D eigenvalue weighted by atomic mass is 16.2. The third kappa shape index (κ3) is 7.23. The summed E-state index contributed by atoms with van der Waals surface area (Å²) in [5.41, 5.74) is 2.72. The van der Waals surface area contributed by atoms with E-state index in [1.165, 1.54) is 17.7 Å². The van der Waals surface area contributed by atoms with Gasteiger partial charge in [-0.2, -0.15) is 5.10 Å². The molecule has 0 aliphatic rings. The summed E-state index contributed by atoms with van der Waals surface area (Å²) in [6.07, 6.45) is 5.97.